The van der Waals surface area contributed by atoms with Crippen LogP contribution in [0.25, 0.3) is 0 Å². The van der Waals surface area contributed by atoms with Gasteiger partial charge in [0.05, 0.1) is 11.6 Å². The molecule has 0 radical (unpaired) electrons. The fourth-order valence-corrected chi connectivity index (χ4v) is 6.17. The van der Waals surface area contributed by atoms with Gasteiger partial charge in [0.2, 0.25) is 5.91 Å². The minimum atomic E-state index is -0.662. The van der Waals surface area contributed by atoms with E-state index in [1.807, 2.05) is 19.9 Å². The molecule has 1 N–H and O–H groups in total. The van der Waals surface area contributed by atoms with Crippen LogP contribution in [-0.2, 0) is 20.9 Å². The average Bonchev–Trinajstić information content (AvgIpc) is 2.69. The largest absolute Gasteiger partial charge is 0.459 e. The second kappa shape index (κ2) is 7.82. The zero-order valence-corrected chi connectivity index (χ0v) is 17.3. The van der Waals surface area contributed by atoms with Crippen LogP contribution >= 0.6 is 0 Å². The van der Waals surface area contributed by atoms with Gasteiger partial charge < -0.3 is 10.1 Å². The Morgan fingerprint density at radius 1 is 1.14 bits per heavy atom. The van der Waals surface area contributed by atoms with Gasteiger partial charge in [-0.3, -0.25) is 4.79 Å². The van der Waals surface area contributed by atoms with E-state index >= 15 is 0 Å². The Labute approximate surface area is 172 Å². The first kappa shape index (κ1) is 19.9. The number of nitrogens with one attached hydrogen (secondary N) is 1. The van der Waals surface area contributed by atoms with Crippen molar-refractivity contribution in [3.05, 3.63) is 35.4 Å². The number of esters is 1. The Balaban J connectivity index is 1.42. The van der Waals surface area contributed by atoms with Gasteiger partial charge in [-0.1, -0.05) is 32.0 Å². The third-order valence-electron chi connectivity index (χ3n) is 7.23. The van der Waals surface area contributed by atoms with Crippen LogP contribution in [0.3, 0.4) is 0 Å². The Morgan fingerprint density at radius 2 is 1.72 bits per heavy atom. The smallest absolute Gasteiger partial charge is 0.329 e. The molecule has 29 heavy (non-hydrogen) atoms. The molecule has 1 aromatic rings. The SMILES string of the molecule is CC(C)[C@H](NC(=O)C12CC3CC(CC(C3)C1)C2)C(=O)OCc1ccccc1C#N. The molecule has 1 aromatic carbocycles. The third-order valence-corrected chi connectivity index (χ3v) is 7.23. The van der Waals surface area contributed by atoms with E-state index in [1.54, 1.807) is 18.2 Å². The first-order chi connectivity index (χ1) is 13.9. The lowest BCUT2D eigenvalue weighted by Crippen LogP contribution is -2.57. The van der Waals surface area contributed by atoms with Crippen molar-refractivity contribution < 1.29 is 14.3 Å². The molecule has 4 aliphatic carbocycles. The number of rotatable bonds is 6. The van der Waals surface area contributed by atoms with Gasteiger partial charge in [0.1, 0.15) is 12.6 Å². The number of carbonyl (C=O) groups excluding carboxylic acids is 2. The molecule has 5 rings (SSSR count). The van der Waals surface area contributed by atoms with Crippen molar-refractivity contribution in [3.8, 4) is 6.07 Å². The summed E-state index contributed by atoms with van der Waals surface area (Å²) >= 11 is 0. The molecule has 4 aliphatic rings. The molecule has 1 atom stereocenters. The predicted molar refractivity (Wildman–Crippen MR) is 108 cm³/mol. The molecule has 4 fully saturated rings. The molecular weight excluding hydrogens is 364 g/mol. The number of amides is 1. The van der Waals surface area contributed by atoms with Crippen molar-refractivity contribution in [2.24, 2.45) is 29.1 Å². The maximum absolute atomic E-state index is 13.3. The monoisotopic (exact) mass is 394 g/mol. The number of hydrogen-bond acceptors (Lipinski definition) is 4. The Kier molecular flexibility index (Phi) is 5.38. The molecular formula is C24H30N2O3. The second-order valence-corrected chi connectivity index (χ2v) is 9.77. The van der Waals surface area contributed by atoms with Gasteiger partial charge in [-0.15, -0.1) is 0 Å². The summed E-state index contributed by atoms with van der Waals surface area (Å²) in [6, 6.07) is 8.55. The fourth-order valence-electron chi connectivity index (χ4n) is 6.17. The summed E-state index contributed by atoms with van der Waals surface area (Å²) in [6.07, 6.45) is 6.75. The van der Waals surface area contributed by atoms with Crippen LogP contribution in [0, 0.1) is 40.4 Å². The van der Waals surface area contributed by atoms with Gasteiger partial charge >= 0.3 is 5.97 Å². The number of benzene rings is 1. The van der Waals surface area contributed by atoms with Crippen LogP contribution in [0.2, 0.25) is 0 Å². The van der Waals surface area contributed by atoms with Crippen molar-refractivity contribution in [1.82, 2.24) is 5.32 Å². The highest BCUT2D eigenvalue weighted by Gasteiger charge is 2.55. The van der Waals surface area contributed by atoms with Crippen molar-refractivity contribution >= 4 is 11.9 Å². The van der Waals surface area contributed by atoms with Gasteiger partial charge in [-0.05, 0) is 68.3 Å². The van der Waals surface area contributed by atoms with E-state index in [0.717, 1.165) is 19.3 Å². The van der Waals surface area contributed by atoms with E-state index in [2.05, 4.69) is 11.4 Å². The zero-order chi connectivity index (χ0) is 20.6. The summed E-state index contributed by atoms with van der Waals surface area (Å²) < 4.78 is 5.51. The molecule has 0 unspecified atom stereocenters. The Hall–Kier alpha value is -2.35. The van der Waals surface area contributed by atoms with Gasteiger partial charge in [-0.25, -0.2) is 4.79 Å². The van der Waals surface area contributed by atoms with Crippen LogP contribution in [0.4, 0.5) is 0 Å². The minimum Gasteiger partial charge on any atom is -0.459 e. The molecule has 0 spiro atoms. The van der Waals surface area contributed by atoms with Crippen LogP contribution in [0.15, 0.2) is 24.3 Å². The number of nitrogens with zero attached hydrogens (tertiary/aromatic N) is 1. The van der Waals surface area contributed by atoms with Crippen molar-refractivity contribution in [2.75, 3.05) is 0 Å². The standard InChI is InChI=1S/C24H30N2O3/c1-15(2)21(22(27)29-14-20-6-4-3-5-19(20)13-25)26-23(28)24-10-16-7-17(11-24)9-18(8-16)12-24/h3-6,15-18,21H,7-12,14H2,1-2H3,(H,26,28)/t16?,17?,18?,21-,24?/m0/s1. The average molecular weight is 395 g/mol. The zero-order valence-electron chi connectivity index (χ0n) is 17.3. The van der Waals surface area contributed by atoms with Crippen molar-refractivity contribution in [3.63, 3.8) is 0 Å². The van der Waals surface area contributed by atoms with E-state index in [-0.39, 0.29) is 23.8 Å². The molecule has 0 aliphatic heterocycles. The van der Waals surface area contributed by atoms with Crippen LogP contribution in [0.5, 0.6) is 0 Å². The van der Waals surface area contributed by atoms with E-state index < -0.39 is 12.0 Å². The molecule has 4 bridgehead atoms. The van der Waals surface area contributed by atoms with E-state index in [4.69, 9.17) is 4.74 Å². The summed E-state index contributed by atoms with van der Waals surface area (Å²) in [5, 5.41) is 12.3. The highest BCUT2D eigenvalue weighted by Crippen LogP contribution is 2.60. The number of nitriles is 1. The predicted octanol–water partition coefficient (Wildman–Crippen LogP) is 3.96. The summed E-state index contributed by atoms with van der Waals surface area (Å²) in [5.41, 5.74) is 0.896. The van der Waals surface area contributed by atoms with Crippen molar-refractivity contribution in [1.29, 1.82) is 5.26 Å². The topological polar surface area (TPSA) is 79.2 Å². The van der Waals surface area contributed by atoms with E-state index in [9.17, 15) is 14.9 Å². The van der Waals surface area contributed by atoms with Gasteiger partial charge in [0.15, 0.2) is 0 Å². The first-order valence-electron chi connectivity index (χ1n) is 10.9. The highest BCUT2D eigenvalue weighted by molar-refractivity contribution is 5.88. The number of ether oxygens (including phenoxy) is 1. The maximum Gasteiger partial charge on any atom is 0.329 e. The van der Waals surface area contributed by atoms with Gasteiger partial charge in [0, 0.05) is 11.0 Å². The van der Waals surface area contributed by atoms with E-state index in [0.29, 0.717) is 28.9 Å². The van der Waals surface area contributed by atoms with Crippen molar-refractivity contribution in [2.45, 2.75) is 65.0 Å². The van der Waals surface area contributed by atoms with Gasteiger partial charge in [-0.2, -0.15) is 5.26 Å². The van der Waals surface area contributed by atoms with E-state index in [1.165, 1.54) is 19.3 Å². The molecule has 4 saturated carbocycles. The third kappa shape index (κ3) is 3.90. The summed E-state index contributed by atoms with van der Waals surface area (Å²) in [4.78, 5) is 26.1. The summed E-state index contributed by atoms with van der Waals surface area (Å²) in [6.45, 7) is 3.89. The molecule has 5 nitrogen and oxygen atoms in total. The Bertz CT molecular complexity index is 803. The second-order valence-electron chi connectivity index (χ2n) is 9.77. The molecule has 0 heterocycles. The molecule has 5 heteroatoms. The lowest BCUT2D eigenvalue weighted by atomic mass is 9.49. The first-order valence-corrected chi connectivity index (χ1v) is 10.9. The summed E-state index contributed by atoms with van der Waals surface area (Å²) in [7, 11) is 0. The normalized spacial score (nSPS) is 30.6. The van der Waals surface area contributed by atoms with Gasteiger partial charge in [0.25, 0.3) is 0 Å². The Morgan fingerprint density at radius 3 is 2.28 bits per heavy atom. The number of hydrogen-bond donors (Lipinski definition) is 1. The number of carbonyl (C=O) groups is 2. The lowest BCUT2D eigenvalue weighted by Gasteiger charge is -2.55. The molecule has 0 saturated heterocycles. The molecule has 1 amide bonds. The van der Waals surface area contributed by atoms with Crippen LogP contribution in [-0.4, -0.2) is 17.9 Å². The quantitative estimate of drug-likeness (QED) is 0.741. The molecule has 154 valence electrons. The minimum absolute atomic E-state index is 0.0407. The summed E-state index contributed by atoms with van der Waals surface area (Å²) in [5.74, 6) is 1.60. The van der Waals surface area contributed by atoms with Crippen LogP contribution in [0.1, 0.15) is 63.5 Å². The molecule has 0 aromatic heterocycles. The maximum atomic E-state index is 13.3. The van der Waals surface area contributed by atoms with Crippen LogP contribution < -0.4 is 5.32 Å². The lowest BCUT2D eigenvalue weighted by molar-refractivity contribution is -0.156. The highest BCUT2D eigenvalue weighted by atomic mass is 16.5. The fraction of sp³-hybridized carbons (Fsp3) is 0.625.